The summed E-state index contributed by atoms with van der Waals surface area (Å²) in [4.78, 5) is 25.9. The Morgan fingerprint density at radius 2 is 1.78 bits per heavy atom. The largest absolute Gasteiger partial charge is 0.496 e. The maximum atomic E-state index is 13.5. The molecule has 0 aliphatic carbocycles. The van der Waals surface area contributed by atoms with E-state index < -0.39 is 6.04 Å². The molecular weight excluding hydrogens is 406 g/mol. The molecule has 164 valence electrons. The van der Waals surface area contributed by atoms with Crippen molar-refractivity contribution in [2.24, 2.45) is 0 Å². The molecule has 0 bridgehead atoms. The number of carbonyl (C=O) groups excluding carboxylic acids is 2. The molecule has 3 aromatic carbocycles. The lowest BCUT2D eigenvalue weighted by Crippen LogP contribution is -2.46. The first-order valence-electron chi connectivity index (χ1n) is 10.4. The van der Waals surface area contributed by atoms with Crippen LogP contribution in [0.15, 0.2) is 71.9 Å². The summed E-state index contributed by atoms with van der Waals surface area (Å²) in [5, 5.41) is 10.4. The van der Waals surface area contributed by atoms with E-state index in [0.29, 0.717) is 35.1 Å². The van der Waals surface area contributed by atoms with Crippen molar-refractivity contribution in [2.75, 3.05) is 19.0 Å². The van der Waals surface area contributed by atoms with Crippen LogP contribution >= 0.6 is 0 Å². The molecule has 1 aliphatic rings. The van der Waals surface area contributed by atoms with Crippen LogP contribution in [-0.4, -0.2) is 25.7 Å². The number of carbonyl (C=O) groups is 2. The Morgan fingerprint density at radius 3 is 2.56 bits per heavy atom. The number of para-hydroxylation sites is 2. The van der Waals surface area contributed by atoms with Gasteiger partial charge in [-0.1, -0.05) is 42.5 Å². The van der Waals surface area contributed by atoms with E-state index in [1.54, 1.807) is 26.2 Å². The molecule has 0 spiro atoms. The number of fused-ring (bicyclic) bond motifs is 1. The molecule has 1 aliphatic heterocycles. The van der Waals surface area contributed by atoms with Crippen molar-refractivity contribution in [3.05, 3.63) is 77.5 Å². The molecule has 4 rings (SSSR count). The third-order valence-corrected chi connectivity index (χ3v) is 5.39. The lowest BCUT2D eigenvalue weighted by molar-refractivity contribution is -0.113. The van der Waals surface area contributed by atoms with Crippen molar-refractivity contribution < 1.29 is 19.1 Å². The third-order valence-electron chi connectivity index (χ3n) is 5.39. The summed E-state index contributed by atoms with van der Waals surface area (Å²) in [5.41, 5.74) is 2.15. The predicted octanol–water partition coefficient (Wildman–Crippen LogP) is 4.51. The number of allylic oxidation sites excluding steroid dienone is 1. The Hall–Kier alpha value is -4.00. The van der Waals surface area contributed by atoms with E-state index in [0.717, 1.165) is 16.3 Å². The first-order chi connectivity index (χ1) is 15.5. The van der Waals surface area contributed by atoms with Gasteiger partial charge in [-0.25, -0.2) is 4.79 Å². The topological polar surface area (TPSA) is 88.7 Å². The highest BCUT2D eigenvalue weighted by Gasteiger charge is 2.34. The fourth-order valence-electron chi connectivity index (χ4n) is 4.00. The number of urea groups is 1. The molecule has 0 saturated heterocycles. The van der Waals surface area contributed by atoms with E-state index >= 15 is 0 Å². The average molecular weight is 431 g/mol. The van der Waals surface area contributed by atoms with Gasteiger partial charge >= 0.3 is 6.03 Å². The summed E-state index contributed by atoms with van der Waals surface area (Å²) in [6.45, 7) is 4.07. The van der Waals surface area contributed by atoms with Crippen molar-refractivity contribution in [3.63, 3.8) is 0 Å². The van der Waals surface area contributed by atoms with Crippen molar-refractivity contribution in [2.45, 2.75) is 19.9 Å². The fourth-order valence-corrected chi connectivity index (χ4v) is 4.00. The smallest absolute Gasteiger partial charge is 0.319 e. The number of hydrogen-bond donors (Lipinski definition) is 3. The zero-order chi connectivity index (χ0) is 22.7. The SMILES string of the molecule is CCOc1ccccc1NC(=O)C1=C(C)NC(=O)N[C@H]1c1c(OC)ccc2ccccc12. The van der Waals surface area contributed by atoms with Crippen LogP contribution < -0.4 is 25.4 Å². The molecule has 7 heteroatoms. The number of rotatable bonds is 6. The quantitative estimate of drug-likeness (QED) is 0.536. The molecule has 0 unspecified atom stereocenters. The highest BCUT2D eigenvalue weighted by Crippen LogP contribution is 2.39. The molecule has 32 heavy (non-hydrogen) atoms. The molecule has 3 N–H and O–H groups in total. The minimum absolute atomic E-state index is 0.345. The van der Waals surface area contributed by atoms with Crippen molar-refractivity contribution >= 4 is 28.4 Å². The normalized spacial score (nSPS) is 15.7. The Morgan fingerprint density at radius 1 is 1.03 bits per heavy atom. The Balaban J connectivity index is 1.81. The molecule has 7 nitrogen and oxygen atoms in total. The van der Waals surface area contributed by atoms with Crippen LogP contribution in [-0.2, 0) is 4.79 Å². The average Bonchev–Trinajstić information content (AvgIpc) is 2.79. The second kappa shape index (κ2) is 9.01. The molecule has 0 saturated carbocycles. The van der Waals surface area contributed by atoms with Crippen LogP contribution in [0.5, 0.6) is 11.5 Å². The number of hydrogen-bond acceptors (Lipinski definition) is 4. The number of amides is 3. The van der Waals surface area contributed by atoms with Crippen LogP contribution in [0, 0.1) is 0 Å². The van der Waals surface area contributed by atoms with Crippen LogP contribution in [0.4, 0.5) is 10.5 Å². The lowest BCUT2D eigenvalue weighted by atomic mass is 9.90. The van der Waals surface area contributed by atoms with Gasteiger partial charge in [0.25, 0.3) is 5.91 Å². The first-order valence-corrected chi connectivity index (χ1v) is 10.4. The van der Waals surface area contributed by atoms with Gasteiger partial charge in [0.1, 0.15) is 11.5 Å². The lowest BCUT2D eigenvalue weighted by Gasteiger charge is -2.30. The maximum Gasteiger partial charge on any atom is 0.319 e. The van der Waals surface area contributed by atoms with E-state index in [4.69, 9.17) is 9.47 Å². The van der Waals surface area contributed by atoms with Gasteiger partial charge in [0.15, 0.2) is 0 Å². The summed E-state index contributed by atoms with van der Waals surface area (Å²) < 4.78 is 11.3. The van der Waals surface area contributed by atoms with E-state index in [1.165, 1.54) is 0 Å². The van der Waals surface area contributed by atoms with E-state index in [-0.39, 0.29) is 11.9 Å². The van der Waals surface area contributed by atoms with Crippen molar-refractivity contribution in [1.82, 2.24) is 10.6 Å². The molecule has 1 atom stereocenters. The molecule has 0 fully saturated rings. The van der Waals surface area contributed by atoms with Gasteiger partial charge in [-0.2, -0.15) is 0 Å². The van der Waals surface area contributed by atoms with Crippen LogP contribution in [0.3, 0.4) is 0 Å². The zero-order valence-corrected chi connectivity index (χ0v) is 18.2. The van der Waals surface area contributed by atoms with Crippen molar-refractivity contribution in [3.8, 4) is 11.5 Å². The second-order valence-corrected chi connectivity index (χ2v) is 7.36. The highest BCUT2D eigenvalue weighted by atomic mass is 16.5. The Labute approximate surface area is 186 Å². The molecule has 3 aromatic rings. The minimum Gasteiger partial charge on any atom is -0.496 e. The zero-order valence-electron chi connectivity index (χ0n) is 18.2. The molecule has 3 amide bonds. The summed E-state index contributed by atoms with van der Waals surface area (Å²) in [6.07, 6.45) is 0. The number of ether oxygens (including phenoxy) is 2. The van der Waals surface area contributed by atoms with Crippen LogP contribution in [0.2, 0.25) is 0 Å². The van der Waals surface area contributed by atoms with E-state index in [9.17, 15) is 9.59 Å². The number of benzene rings is 3. The molecule has 1 heterocycles. The molecule has 0 aromatic heterocycles. The monoisotopic (exact) mass is 431 g/mol. The fraction of sp³-hybridized carbons (Fsp3) is 0.200. The molecule has 0 radical (unpaired) electrons. The van der Waals surface area contributed by atoms with Gasteiger partial charge in [0.2, 0.25) is 0 Å². The standard InChI is InChI=1S/C25H25N3O4/c1-4-32-19-12-8-7-11-18(19)27-24(29)21-15(2)26-25(30)28-23(21)22-17-10-6-5-9-16(17)13-14-20(22)31-3/h5-14,23H,4H2,1-3H3,(H,27,29)(H2,26,28,30)/t23-/m1/s1. The van der Waals surface area contributed by atoms with Crippen LogP contribution in [0.25, 0.3) is 10.8 Å². The minimum atomic E-state index is -0.705. The van der Waals surface area contributed by atoms with Crippen LogP contribution in [0.1, 0.15) is 25.5 Å². The van der Waals surface area contributed by atoms with Gasteiger partial charge in [-0.3, -0.25) is 4.79 Å². The highest BCUT2D eigenvalue weighted by molar-refractivity contribution is 6.08. The number of anilines is 1. The van der Waals surface area contributed by atoms with E-state index in [2.05, 4.69) is 16.0 Å². The van der Waals surface area contributed by atoms with Gasteiger partial charge in [0, 0.05) is 11.3 Å². The van der Waals surface area contributed by atoms with E-state index in [1.807, 2.05) is 55.5 Å². The summed E-state index contributed by atoms with van der Waals surface area (Å²) in [5.74, 6) is 0.819. The van der Waals surface area contributed by atoms with Gasteiger partial charge < -0.3 is 25.4 Å². The summed E-state index contributed by atoms with van der Waals surface area (Å²) in [6, 6.07) is 17.8. The van der Waals surface area contributed by atoms with Gasteiger partial charge in [-0.15, -0.1) is 0 Å². The van der Waals surface area contributed by atoms with Gasteiger partial charge in [0.05, 0.1) is 31.0 Å². The number of nitrogens with one attached hydrogen (secondary N) is 3. The summed E-state index contributed by atoms with van der Waals surface area (Å²) >= 11 is 0. The predicted molar refractivity (Wildman–Crippen MR) is 124 cm³/mol. The second-order valence-electron chi connectivity index (χ2n) is 7.36. The Bertz CT molecular complexity index is 1220. The number of methoxy groups -OCH3 is 1. The van der Waals surface area contributed by atoms with Gasteiger partial charge in [-0.05, 0) is 42.8 Å². The van der Waals surface area contributed by atoms with Crippen molar-refractivity contribution in [1.29, 1.82) is 0 Å². The maximum absolute atomic E-state index is 13.5. The first kappa shape index (κ1) is 21.2. The summed E-state index contributed by atoms with van der Waals surface area (Å²) in [7, 11) is 1.57. The molecular formula is C25H25N3O4. The third kappa shape index (κ3) is 3.97. The Kier molecular flexibility index (Phi) is 5.98.